The fourth-order valence-corrected chi connectivity index (χ4v) is 3.03. The standard InChI is InChI=1S/C14H13NOS/c1-9-6-7-17-14(9)13(15)11-8-16-12-5-3-2-4-10(11)12/h2-8,13H,15H2,1H3. The van der Waals surface area contributed by atoms with E-state index in [9.17, 15) is 0 Å². The Balaban J connectivity index is 2.13. The number of aryl methyl sites for hydroxylation is 1. The van der Waals surface area contributed by atoms with Crippen LogP contribution in [0, 0.1) is 6.92 Å². The van der Waals surface area contributed by atoms with E-state index in [0.717, 1.165) is 16.5 Å². The van der Waals surface area contributed by atoms with Crippen LogP contribution in [-0.2, 0) is 0 Å². The van der Waals surface area contributed by atoms with E-state index in [1.807, 2.05) is 18.2 Å². The van der Waals surface area contributed by atoms with E-state index < -0.39 is 0 Å². The van der Waals surface area contributed by atoms with Crippen LogP contribution in [0.15, 0.2) is 46.4 Å². The van der Waals surface area contributed by atoms with Crippen LogP contribution in [0.4, 0.5) is 0 Å². The minimum absolute atomic E-state index is 0.0985. The molecule has 3 aromatic rings. The predicted molar refractivity (Wildman–Crippen MR) is 71.3 cm³/mol. The molecule has 1 atom stereocenters. The normalized spacial score (nSPS) is 13.1. The molecule has 1 unspecified atom stereocenters. The van der Waals surface area contributed by atoms with Crippen LogP contribution in [0.2, 0.25) is 0 Å². The zero-order valence-corrected chi connectivity index (χ0v) is 10.3. The first-order chi connectivity index (χ1) is 8.27. The maximum Gasteiger partial charge on any atom is 0.134 e. The van der Waals surface area contributed by atoms with Crippen LogP contribution in [0.5, 0.6) is 0 Å². The molecule has 17 heavy (non-hydrogen) atoms. The molecule has 0 aliphatic rings. The second kappa shape index (κ2) is 4.02. The summed E-state index contributed by atoms with van der Waals surface area (Å²) >= 11 is 1.70. The van der Waals surface area contributed by atoms with Crippen molar-refractivity contribution in [3.8, 4) is 0 Å². The molecule has 0 fully saturated rings. The monoisotopic (exact) mass is 243 g/mol. The zero-order valence-electron chi connectivity index (χ0n) is 9.51. The Morgan fingerprint density at radius 1 is 1.24 bits per heavy atom. The molecule has 2 heterocycles. The average Bonchev–Trinajstić information content (AvgIpc) is 2.94. The van der Waals surface area contributed by atoms with Crippen molar-refractivity contribution in [1.29, 1.82) is 0 Å². The van der Waals surface area contributed by atoms with Crippen LogP contribution in [-0.4, -0.2) is 0 Å². The molecule has 2 N–H and O–H groups in total. The molecule has 0 saturated heterocycles. The number of para-hydroxylation sites is 1. The van der Waals surface area contributed by atoms with Gasteiger partial charge in [-0.3, -0.25) is 0 Å². The summed E-state index contributed by atoms with van der Waals surface area (Å²) in [6.07, 6.45) is 1.77. The van der Waals surface area contributed by atoms with Gasteiger partial charge in [0.15, 0.2) is 0 Å². The molecule has 2 aromatic heterocycles. The number of fused-ring (bicyclic) bond motifs is 1. The topological polar surface area (TPSA) is 39.2 Å². The molecule has 1 aromatic carbocycles. The van der Waals surface area contributed by atoms with Crippen molar-refractivity contribution >= 4 is 22.3 Å². The number of hydrogen-bond acceptors (Lipinski definition) is 3. The lowest BCUT2D eigenvalue weighted by Gasteiger charge is -2.09. The minimum atomic E-state index is -0.0985. The molecule has 3 rings (SSSR count). The van der Waals surface area contributed by atoms with Gasteiger partial charge >= 0.3 is 0 Å². The van der Waals surface area contributed by atoms with E-state index in [0.29, 0.717) is 0 Å². The lowest BCUT2D eigenvalue weighted by atomic mass is 10.0. The van der Waals surface area contributed by atoms with Gasteiger partial charge in [0.05, 0.1) is 12.3 Å². The summed E-state index contributed by atoms with van der Waals surface area (Å²) < 4.78 is 5.53. The number of thiophene rings is 1. The number of furan rings is 1. The van der Waals surface area contributed by atoms with E-state index in [1.165, 1.54) is 10.4 Å². The third-order valence-electron chi connectivity index (χ3n) is 3.03. The Morgan fingerprint density at radius 3 is 2.82 bits per heavy atom. The first-order valence-corrected chi connectivity index (χ1v) is 6.41. The van der Waals surface area contributed by atoms with Gasteiger partial charge in [0.2, 0.25) is 0 Å². The maximum atomic E-state index is 6.32. The van der Waals surface area contributed by atoms with Gasteiger partial charge in [-0.15, -0.1) is 11.3 Å². The van der Waals surface area contributed by atoms with Gasteiger partial charge in [-0.05, 0) is 30.0 Å². The van der Waals surface area contributed by atoms with Gasteiger partial charge in [0, 0.05) is 15.8 Å². The third-order valence-corrected chi connectivity index (χ3v) is 4.13. The Hall–Kier alpha value is -1.58. The van der Waals surface area contributed by atoms with E-state index in [2.05, 4.69) is 24.4 Å². The van der Waals surface area contributed by atoms with Crippen LogP contribution >= 0.6 is 11.3 Å². The summed E-state index contributed by atoms with van der Waals surface area (Å²) in [5, 5.41) is 3.18. The highest BCUT2D eigenvalue weighted by Gasteiger charge is 2.17. The van der Waals surface area contributed by atoms with Gasteiger partial charge in [-0.2, -0.15) is 0 Å². The number of rotatable bonds is 2. The summed E-state index contributed by atoms with van der Waals surface area (Å²) in [7, 11) is 0. The summed E-state index contributed by atoms with van der Waals surface area (Å²) in [6.45, 7) is 2.09. The SMILES string of the molecule is Cc1ccsc1C(N)c1coc2ccccc12. The number of nitrogens with two attached hydrogens (primary N) is 1. The van der Waals surface area contributed by atoms with Crippen LogP contribution in [0.1, 0.15) is 22.0 Å². The Bertz CT molecular complexity index is 653. The van der Waals surface area contributed by atoms with Crippen LogP contribution < -0.4 is 5.73 Å². The lowest BCUT2D eigenvalue weighted by Crippen LogP contribution is -2.10. The van der Waals surface area contributed by atoms with Gasteiger partial charge in [0.25, 0.3) is 0 Å². The van der Waals surface area contributed by atoms with E-state index in [-0.39, 0.29) is 6.04 Å². The highest BCUT2D eigenvalue weighted by molar-refractivity contribution is 7.10. The first-order valence-electron chi connectivity index (χ1n) is 5.53. The molecule has 3 heteroatoms. The summed E-state index contributed by atoms with van der Waals surface area (Å²) in [5.41, 5.74) is 9.52. The minimum Gasteiger partial charge on any atom is -0.464 e. The quantitative estimate of drug-likeness (QED) is 0.742. The molecular formula is C14H13NOS. The number of benzene rings is 1. The molecule has 0 aliphatic heterocycles. The Labute approximate surface area is 104 Å². The maximum absolute atomic E-state index is 6.32. The summed E-state index contributed by atoms with van der Waals surface area (Å²) in [4.78, 5) is 1.21. The van der Waals surface area contributed by atoms with Crippen molar-refractivity contribution in [1.82, 2.24) is 0 Å². The van der Waals surface area contributed by atoms with Crippen LogP contribution in [0.3, 0.4) is 0 Å². The highest BCUT2D eigenvalue weighted by Crippen LogP contribution is 2.32. The molecule has 0 radical (unpaired) electrons. The van der Waals surface area contributed by atoms with Gasteiger partial charge in [-0.1, -0.05) is 18.2 Å². The first kappa shape index (κ1) is 10.6. The molecular weight excluding hydrogens is 230 g/mol. The molecule has 0 bridgehead atoms. The van der Waals surface area contributed by atoms with Gasteiger partial charge in [-0.25, -0.2) is 0 Å². The van der Waals surface area contributed by atoms with E-state index >= 15 is 0 Å². The fraction of sp³-hybridized carbons (Fsp3) is 0.143. The van der Waals surface area contributed by atoms with Crippen molar-refractivity contribution in [2.75, 3.05) is 0 Å². The third kappa shape index (κ3) is 1.68. The van der Waals surface area contributed by atoms with E-state index in [4.69, 9.17) is 10.2 Å². The van der Waals surface area contributed by atoms with Crippen LogP contribution in [0.25, 0.3) is 11.0 Å². The lowest BCUT2D eigenvalue weighted by molar-refractivity contribution is 0.607. The second-order valence-electron chi connectivity index (χ2n) is 4.13. The molecule has 0 spiro atoms. The van der Waals surface area contributed by atoms with Gasteiger partial charge < -0.3 is 10.2 Å². The van der Waals surface area contributed by atoms with Crippen molar-refractivity contribution in [3.63, 3.8) is 0 Å². The van der Waals surface area contributed by atoms with E-state index in [1.54, 1.807) is 17.6 Å². The molecule has 2 nitrogen and oxygen atoms in total. The number of hydrogen-bond donors (Lipinski definition) is 1. The molecule has 0 saturated carbocycles. The Morgan fingerprint density at radius 2 is 2.06 bits per heavy atom. The van der Waals surface area contributed by atoms with Crippen molar-refractivity contribution in [2.24, 2.45) is 5.73 Å². The average molecular weight is 243 g/mol. The summed E-state index contributed by atoms with van der Waals surface area (Å²) in [5.74, 6) is 0. The molecule has 0 aliphatic carbocycles. The summed E-state index contributed by atoms with van der Waals surface area (Å²) in [6, 6.07) is 10.00. The van der Waals surface area contributed by atoms with Crippen molar-refractivity contribution in [3.05, 3.63) is 58.0 Å². The largest absolute Gasteiger partial charge is 0.464 e. The Kier molecular flexibility index (Phi) is 2.50. The van der Waals surface area contributed by atoms with Crippen molar-refractivity contribution < 1.29 is 4.42 Å². The fourth-order valence-electron chi connectivity index (χ4n) is 2.08. The zero-order chi connectivity index (χ0) is 11.8. The smallest absolute Gasteiger partial charge is 0.134 e. The van der Waals surface area contributed by atoms with Crippen molar-refractivity contribution in [2.45, 2.75) is 13.0 Å². The van der Waals surface area contributed by atoms with Gasteiger partial charge in [0.1, 0.15) is 5.58 Å². The second-order valence-corrected chi connectivity index (χ2v) is 5.08. The molecule has 0 amide bonds. The molecule has 86 valence electrons. The predicted octanol–water partition coefficient (Wildman–Crippen LogP) is 3.85. The highest BCUT2D eigenvalue weighted by atomic mass is 32.1.